The van der Waals surface area contributed by atoms with E-state index in [-0.39, 0.29) is 17.3 Å². The molecule has 2 heterocycles. The summed E-state index contributed by atoms with van der Waals surface area (Å²) >= 11 is 0. The summed E-state index contributed by atoms with van der Waals surface area (Å²) in [5.41, 5.74) is 0.474. The zero-order valence-corrected chi connectivity index (χ0v) is 13.7. The summed E-state index contributed by atoms with van der Waals surface area (Å²) in [6, 6.07) is 7.95. The van der Waals surface area contributed by atoms with Crippen LogP contribution in [-0.4, -0.2) is 41.9 Å². The topological polar surface area (TPSA) is 104 Å². The van der Waals surface area contributed by atoms with Crippen LogP contribution in [0.2, 0.25) is 0 Å². The van der Waals surface area contributed by atoms with Crippen LogP contribution in [-0.2, 0) is 4.74 Å². The van der Waals surface area contributed by atoms with Gasteiger partial charge in [-0.1, -0.05) is 0 Å². The van der Waals surface area contributed by atoms with Gasteiger partial charge in [0.05, 0.1) is 18.0 Å². The van der Waals surface area contributed by atoms with Crippen LogP contribution in [0.4, 0.5) is 25.0 Å². The van der Waals surface area contributed by atoms with Gasteiger partial charge in [-0.15, -0.1) is 0 Å². The molecule has 27 heavy (non-hydrogen) atoms. The van der Waals surface area contributed by atoms with Crippen molar-refractivity contribution in [2.45, 2.75) is 12.7 Å². The van der Waals surface area contributed by atoms with Crippen molar-refractivity contribution in [3.8, 4) is 11.6 Å². The third kappa shape index (κ3) is 4.77. The molecule has 0 atom stereocenters. The predicted molar refractivity (Wildman–Crippen MR) is 87.1 cm³/mol. The van der Waals surface area contributed by atoms with E-state index in [2.05, 4.69) is 9.72 Å². The van der Waals surface area contributed by atoms with Crippen LogP contribution in [0.3, 0.4) is 0 Å². The molecular formula is C16H13F2N3O6. The molecule has 0 amide bonds. The van der Waals surface area contributed by atoms with Crippen molar-refractivity contribution in [1.29, 1.82) is 0 Å². The smallest absolute Gasteiger partial charge is 0.427 e. The summed E-state index contributed by atoms with van der Waals surface area (Å²) in [6.07, 6.45) is -0.0440. The highest BCUT2D eigenvalue weighted by molar-refractivity contribution is 5.65. The summed E-state index contributed by atoms with van der Waals surface area (Å²) in [5.74, 6) is -0.0887. The Morgan fingerprint density at radius 2 is 1.96 bits per heavy atom. The summed E-state index contributed by atoms with van der Waals surface area (Å²) in [7, 11) is 0. The molecule has 1 aliphatic rings. The highest BCUT2D eigenvalue weighted by atomic mass is 19.3. The Morgan fingerprint density at radius 1 is 1.26 bits per heavy atom. The zero-order valence-electron chi connectivity index (χ0n) is 13.7. The lowest BCUT2D eigenvalue weighted by molar-refractivity contribution is -0.384. The monoisotopic (exact) mass is 381 g/mol. The number of halogens is 2. The number of nitro groups is 1. The van der Waals surface area contributed by atoms with Gasteiger partial charge in [0.1, 0.15) is 11.9 Å². The molecule has 1 saturated heterocycles. The van der Waals surface area contributed by atoms with Crippen molar-refractivity contribution in [1.82, 2.24) is 4.98 Å². The Balaban J connectivity index is 1.47. The van der Waals surface area contributed by atoms with Crippen LogP contribution >= 0.6 is 0 Å². The van der Waals surface area contributed by atoms with Crippen LogP contribution in [0.25, 0.3) is 0 Å². The number of alkyl halides is 2. The van der Waals surface area contributed by atoms with E-state index in [1.54, 1.807) is 11.0 Å². The van der Waals surface area contributed by atoms with Gasteiger partial charge in [0.25, 0.3) is 5.69 Å². The van der Waals surface area contributed by atoms with Crippen LogP contribution in [0.5, 0.6) is 11.6 Å². The van der Waals surface area contributed by atoms with Gasteiger partial charge < -0.3 is 19.1 Å². The Labute approximate surface area is 151 Å². The van der Waals surface area contributed by atoms with Gasteiger partial charge in [0.2, 0.25) is 5.88 Å². The third-order valence-electron chi connectivity index (χ3n) is 3.65. The van der Waals surface area contributed by atoms with Gasteiger partial charge in [-0.05, 0) is 18.2 Å². The first-order valence-corrected chi connectivity index (χ1v) is 7.69. The molecule has 0 aliphatic carbocycles. The minimum atomic E-state index is -2.96. The first-order valence-electron chi connectivity index (χ1n) is 7.69. The van der Waals surface area contributed by atoms with Crippen molar-refractivity contribution >= 4 is 17.5 Å². The lowest BCUT2D eigenvalue weighted by Gasteiger charge is -2.39. The molecule has 0 radical (unpaired) electrons. The summed E-state index contributed by atoms with van der Waals surface area (Å²) in [5, 5.41) is 10.6. The SMILES string of the molecule is O=C(Oc1ccc([N+](=O)[O-])cc1)OC1CN(c2ccnc(OC(F)F)c2)C1. The Kier molecular flexibility index (Phi) is 5.29. The molecule has 11 heteroatoms. The third-order valence-corrected chi connectivity index (χ3v) is 3.65. The van der Waals surface area contributed by atoms with E-state index in [4.69, 9.17) is 9.47 Å². The Hall–Kier alpha value is -3.50. The molecule has 0 N–H and O–H groups in total. The number of non-ortho nitro benzene ring substituents is 1. The molecule has 1 fully saturated rings. The highest BCUT2D eigenvalue weighted by Crippen LogP contribution is 2.26. The zero-order chi connectivity index (χ0) is 19.4. The summed E-state index contributed by atoms with van der Waals surface area (Å²) < 4.78 is 38.7. The number of carbonyl (C=O) groups is 1. The second-order valence-corrected chi connectivity index (χ2v) is 5.48. The van der Waals surface area contributed by atoms with Crippen LogP contribution in [0, 0.1) is 10.1 Å². The van der Waals surface area contributed by atoms with E-state index in [9.17, 15) is 23.7 Å². The average molecular weight is 381 g/mol. The van der Waals surface area contributed by atoms with E-state index < -0.39 is 23.8 Å². The highest BCUT2D eigenvalue weighted by Gasteiger charge is 2.31. The molecule has 1 aromatic carbocycles. The van der Waals surface area contributed by atoms with Crippen LogP contribution in [0.15, 0.2) is 42.6 Å². The number of hydrogen-bond donors (Lipinski definition) is 0. The second kappa shape index (κ2) is 7.81. The normalized spacial score (nSPS) is 13.8. The molecule has 1 aliphatic heterocycles. The molecular weight excluding hydrogens is 368 g/mol. The minimum absolute atomic E-state index is 0.115. The molecule has 1 aromatic heterocycles. The lowest BCUT2D eigenvalue weighted by atomic mass is 10.1. The van der Waals surface area contributed by atoms with Crippen molar-refractivity contribution in [2.75, 3.05) is 18.0 Å². The number of benzene rings is 1. The van der Waals surface area contributed by atoms with Gasteiger partial charge in [0.15, 0.2) is 0 Å². The maximum atomic E-state index is 12.2. The van der Waals surface area contributed by atoms with Crippen molar-refractivity contribution in [2.24, 2.45) is 0 Å². The first-order chi connectivity index (χ1) is 12.9. The standard InChI is InChI=1S/C16H13F2N3O6/c17-15(18)27-14-7-11(5-6-19-14)20-8-13(9-20)26-16(22)25-12-3-1-10(2-4-12)21(23)24/h1-7,13,15H,8-9H2. The van der Waals surface area contributed by atoms with Crippen molar-refractivity contribution in [3.05, 3.63) is 52.7 Å². The number of aromatic nitrogens is 1. The summed E-state index contributed by atoms with van der Waals surface area (Å²) in [6.45, 7) is -2.28. The molecule has 0 unspecified atom stereocenters. The second-order valence-electron chi connectivity index (χ2n) is 5.48. The number of anilines is 1. The molecule has 3 rings (SSSR count). The van der Waals surface area contributed by atoms with Gasteiger partial charge in [-0.2, -0.15) is 8.78 Å². The van der Waals surface area contributed by atoms with E-state index in [0.29, 0.717) is 18.8 Å². The molecule has 9 nitrogen and oxygen atoms in total. The van der Waals surface area contributed by atoms with Gasteiger partial charge >= 0.3 is 12.8 Å². The quantitative estimate of drug-likeness (QED) is 0.326. The lowest BCUT2D eigenvalue weighted by Crippen LogP contribution is -2.53. The fourth-order valence-corrected chi connectivity index (χ4v) is 2.37. The van der Waals surface area contributed by atoms with Gasteiger partial charge in [-0.3, -0.25) is 10.1 Å². The van der Waals surface area contributed by atoms with E-state index in [1.807, 2.05) is 0 Å². The number of nitro benzene ring substituents is 1. The maximum Gasteiger partial charge on any atom is 0.514 e. The van der Waals surface area contributed by atoms with E-state index in [0.717, 1.165) is 0 Å². The Morgan fingerprint density at radius 3 is 2.59 bits per heavy atom. The van der Waals surface area contributed by atoms with E-state index >= 15 is 0 Å². The number of nitrogens with zero attached hydrogens (tertiary/aromatic N) is 3. The number of pyridine rings is 1. The van der Waals surface area contributed by atoms with Crippen LogP contribution < -0.4 is 14.4 Å². The molecule has 0 saturated carbocycles. The largest absolute Gasteiger partial charge is 0.514 e. The van der Waals surface area contributed by atoms with E-state index in [1.165, 1.54) is 36.5 Å². The number of rotatable bonds is 6. The number of hydrogen-bond acceptors (Lipinski definition) is 8. The van der Waals surface area contributed by atoms with Crippen molar-refractivity contribution < 1.29 is 32.7 Å². The minimum Gasteiger partial charge on any atom is -0.427 e. The molecule has 0 spiro atoms. The number of carbonyl (C=O) groups excluding carboxylic acids is 1. The molecule has 142 valence electrons. The predicted octanol–water partition coefficient (Wildman–Crippen LogP) is 3.00. The van der Waals surface area contributed by atoms with Crippen molar-refractivity contribution in [3.63, 3.8) is 0 Å². The van der Waals surface area contributed by atoms with Gasteiger partial charge in [-0.25, -0.2) is 9.78 Å². The first kappa shape index (κ1) is 18.3. The number of ether oxygens (including phenoxy) is 3. The molecule has 2 aromatic rings. The average Bonchev–Trinajstić information content (AvgIpc) is 2.58. The maximum absolute atomic E-state index is 12.2. The fraction of sp³-hybridized carbons (Fsp3) is 0.250. The fourth-order valence-electron chi connectivity index (χ4n) is 2.37. The van der Waals surface area contributed by atoms with Gasteiger partial charge in [0, 0.05) is 30.1 Å². The Bertz CT molecular complexity index is 827. The summed E-state index contributed by atoms with van der Waals surface area (Å²) in [4.78, 5) is 27.2. The van der Waals surface area contributed by atoms with Crippen LogP contribution in [0.1, 0.15) is 0 Å². The molecule has 0 bridgehead atoms.